The number of aromatic amines is 1. The summed E-state index contributed by atoms with van der Waals surface area (Å²) in [6.07, 6.45) is 1.76. The van der Waals surface area contributed by atoms with Gasteiger partial charge in [0.05, 0.1) is 39.0 Å². The van der Waals surface area contributed by atoms with Crippen LogP contribution in [0, 0.1) is 0 Å². The number of benzene rings is 2. The van der Waals surface area contributed by atoms with E-state index in [1.54, 1.807) is 18.3 Å². The van der Waals surface area contributed by atoms with Crippen LogP contribution < -0.4 is 14.2 Å². The molecule has 3 aromatic rings. The SMILES string of the molecule is COc1cc(C(=O)CSc2ncc(-c3ccc(Br)cc3)[nH]2)cc(OC)c1OC. The first-order valence-electron chi connectivity index (χ1n) is 8.32. The molecular formula is C20H19BrN2O4S. The van der Waals surface area contributed by atoms with Crippen LogP contribution in [0.4, 0.5) is 0 Å². The molecule has 28 heavy (non-hydrogen) atoms. The van der Waals surface area contributed by atoms with E-state index in [1.807, 2.05) is 24.3 Å². The summed E-state index contributed by atoms with van der Waals surface area (Å²) in [7, 11) is 4.57. The average molecular weight is 463 g/mol. The molecule has 2 aromatic carbocycles. The third kappa shape index (κ3) is 4.51. The molecule has 0 aliphatic heterocycles. The first-order chi connectivity index (χ1) is 13.5. The van der Waals surface area contributed by atoms with Crippen LogP contribution in [0.15, 0.2) is 52.2 Å². The van der Waals surface area contributed by atoms with Crippen LogP contribution in [-0.2, 0) is 0 Å². The number of carbonyl (C=O) groups is 1. The normalized spacial score (nSPS) is 10.6. The van der Waals surface area contributed by atoms with Crippen molar-refractivity contribution >= 4 is 33.5 Å². The second-order valence-corrected chi connectivity index (χ2v) is 7.61. The van der Waals surface area contributed by atoms with Crippen molar-refractivity contribution in [3.05, 3.63) is 52.6 Å². The van der Waals surface area contributed by atoms with Crippen molar-refractivity contribution in [2.45, 2.75) is 5.16 Å². The molecule has 0 unspecified atom stereocenters. The molecule has 1 aromatic heterocycles. The predicted molar refractivity (Wildman–Crippen MR) is 113 cm³/mol. The topological polar surface area (TPSA) is 73.4 Å². The Morgan fingerprint density at radius 1 is 1.07 bits per heavy atom. The summed E-state index contributed by atoms with van der Waals surface area (Å²) >= 11 is 4.76. The number of Topliss-reactive ketones (excluding diaryl/α,β-unsaturated/α-hetero) is 1. The number of hydrogen-bond donors (Lipinski definition) is 1. The number of imidazole rings is 1. The van der Waals surface area contributed by atoms with E-state index < -0.39 is 0 Å². The molecule has 0 bridgehead atoms. The Kier molecular flexibility index (Phi) is 6.64. The third-order valence-corrected chi connectivity index (χ3v) is 5.45. The van der Waals surface area contributed by atoms with E-state index in [-0.39, 0.29) is 11.5 Å². The summed E-state index contributed by atoms with van der Waals surface area (Å²) in [6.45, 7) is 0. The Balaban J connectivity index is 1.71. The molecule has 3 rings (SSSR count). The zero-order valence-electron chi connectivity index (χ0n) is 15.6. The second-order valence-electron chi connectivity index (χ2n) is 5.73. The Morgan fingerprint density at radius 3 is 2.29 bits per heavy atom. The van der Waals surface area contributed by atoms with Gasteiger partial charge in [-0.15, -0.1) is 0 Å². The monoisotopic (exact) mass is 462 g/mol. The Bertz CT molecular complexity index is 948. The van der Waals surface area contributed by atoms with Gasteiger partial charge in [0.15, 0.2) is 22.4 Å². The summed E-state index contributed by atoms with van der Waals surface area (Å²) in [6, 6.07) is 11.2. The van der Waals surface area contributed by atoms with E-state index in [4.69, 9.17) is 14.2 Å². The van der Waals surface area contributed by atoms with Gasteiger partial charge < -0.3 is 19.2 Å². The number of nitrogens with zero attached hydrogens (tertiary/aromatic N) is 1. The molecule has 0 radical (unpaired) electrons. The summed E-state index contributed by atoms with van der Waals surface area (Å²) in [5, 5.41) is 0.679. The third-order valence-electron chi connectivity index (χ3n) is 4.03. The van der Waals surface area contributed by atoms with Gasteiger partial charge in [0.1, 0.15) is 0 Å². The maximum atomic E-state index is 12.6. The van der Waals surface area contributed by atoms with Crippen LogP contribution in [0.3, 0.4) is 0 Å². The lowest BCUT2D eigenvalue weighted by Crippen LogP contribution is -2.05. The number of nitrogens with one attached hydrogen (secondary N) is 1. The van der Waals surface area contributed by atoms with E-state index in [2.05, 4.69) is 25.9 Å². The molecule has 1 heterocycles. The fourth-order valence-corrected chi connectivity index (χ4v) is 3.62. The number of rotatable bonds is 8. The highest BCUT2D eigenvalue weighted by atomic mass is 79.9. The molecule has 0 atom stereocenters. The average Bonchev–Trinajstić information content (AvgIpc) is 3.20. The van der Waals surface area contributed by atoms with Crippen molar-refractivity contribution in [2.75, 3.05) is 27.1 Å². The first kappa shape index (κ1) is 20.3. The Labute approximate surface area is 175 Å². The van der Waals surface area contributed by atoms with Gasteiger partial charge in [0, 0.05) is 10.0 Å². The van der Waals surface area contributed by atoms with Crippen LogP contribution >= 0.6 is 27.7 Å². The molecule has 146 valence electrons. The Hall–Kier alpha value is -2.45. The van der Waals surface area contributed by atoms with Crippen molar-refractivity contribution in [3.8, 4) is 28.5 Å². The van der Waals surface area contributed by atoms with Crippen LogP contribution in [0.2, 0.25) is 0 Å². The highest BCUT2D eigenvalue weighted by Gasteiger charge is 2.17. The minimum absolute atomic E-state index is 0.0640. The maximum absolute atomic E-state index is 12.6. The van der Waals surface area contributed by atoms with E-state index in [9.17, 15) is 4.79 Å². The molecule has 6 nitrogen and oxygen atoms in total. The molecule has 8 heteroatoms. The van der Waals surface area contributed by atoms with Crippen molar-refractivity contribution in [2.24, 2.45) is 0 Å². The number of carbonyl (C=O) groups excluding carboxylic acids is 1. The largest absolute Gasteiger partial charge is 0.493 e. The molecular weight excluding hydrogens is 444 g/mol. The molecule has 0 aliphatic carbocycles. The number of hydrogen-bond acceptors (Lipinski definition) is 6. The lowest BCUT2D eigenvalue weighted by molar-refractivity contribution is 0.102. The molecule has 0 saturated heterocycles. The highest BCUT2D eigenvalue weighted by molar-refractivity contribution is 9.10. The quantitative estimate of drug-likeness (QED) is 0.381. The molecule has 0 saturated carbocycles. The standard InChI is InChI=1S/C20H19BrN2O4S/c1-25-17-8-13(9-18(26-2)19(17)27-3)16(24)11-28-20-22-10-15(23-20)12-4-6-14(21)7-5-12/h4-10H,11H2,1-3H3,(H,22,23). The van der Waals surface area contributed by atoms with Gasteiger partial charge in [-0.05, 0) is 29.8 Å². The van der Waals surface area contributed by atoms with Crippen LogP contribution in [0.25, 0.3) is 11.3 Å². The summed E-state index contributed by atoms with van der Waals surface area (Å²) in [5.41, 5.74) is 2.41. The van der Waals surface area contributed by atoms with E-state index in [0.717, 1.165) is 15.7 Å². The van der Waals surface area contributed by atoms with Gasteiger partial charge in [0.25, 0.3) is 0 Å². The summed E-state index contributed by atoms with van der Waals surface area (Å²) in [5.74, 6) is 1.52. The number of thioether (sulfide) groups is 1. The fraction of sp³-hybridized carbons (Fsp3) is 0.200. The predicted octanol–water partition coefficient (Wildman–Crippen LogP) is 4.84. The van der Waals surface area contributed by atoms with Gasteiger partial charge in [-0.25, -0.2) is 4.98 Å². The summed E-state index contributed by atoms with van der Waals surface area (Å²) in [4.78, 5) is 20.2. The maximum Gasteiger partial charge on any atom is 0.203 e. The number of aromatic nitrogens is 2. The van der Waals surface area contributed by atoms with E-state index in [1.165, 1.54) is 33.1 Å². The zero-order valence-corrected chi connectivity index (χ0v) is 18.0. The molecule has 1 N–H and O–H groups in total. The molecule has 0 fully saturated rings. The smallest absolute Gasteiger partial charge is 0.203 e. The number of methoxy groups -OCH3 is 3. The number of ketones is 1. The first-order valence-corrected chi connectivity index (χ1v) is 10.1. The number of halogens is 1. The van der Waals surface area contributed by atoms with Crippen LogP contribution in [0.5, 0.6) is 17.2 Å². The van der Waals surface area contributed by atoms with E-state index in [0.29, 0.717) is 28.0 Å². The molecule has 0 amide bonds. The van der Waals surface area contributed by atoms with E-state index >= 15 is 0 Å². The Morgan fingerprint density at radius 2 is 1.71 bits per heavy atom. The highest BCUT2D eigenvalue weighted by Crippen LogP contribution is 2.38. The number of ether oxygens (including phenoxy) is 3. The lowest BCUT2D eigenvalue weighted by atomic mass is 10.1. The van der Waals surface area contributed by atoms with Crippen molar-refractivity contribution < 1.29 is 19.0 Å². The van der Waals surface area contributed by atoms with Gasteiger partial charge in [-0.3, -0.25) is 4.79 Å². The van der Waals surface area contributed by atoms with Crippen LogP contribution in [0.1, 0.15) is 10.4 Å². The molecule has 0 spiro atoms. The van der Waals surface area contributed by atoms with Gasteiger partial charge in [-0.2, -0.15) is 0 Å². The van der Waals surface area contributed by atoms with Crippen molar-refractivity contribution in [1.29, 1.82) is 0 Å². The minimum Gasteiger partial charge on any atom is -0.493 e. The number of H-pyrrole nitrogens is 1. The van der Waals surface area contributed by atoms with Crippen molar-refractivity contribution in [1.82, 2.24) is 9.97 Å². The van der Waals surface area contributed by atoms with Crippen LogP contribution in [-0.4, -0.2) is 42.8 Å². The fourth-order valence-electron chi connectivity index (χ4n) is 2.61. The minimum atomic E-state index is -0.0640. The lowest BCUT2D eigenvalue weighted by Gasteiger charge is -2.13. The second kappa shape index (κ2) is 9.16. The van der Waals surface area contributed by atoms with Crippen molar-refractivity contribution in [3.63, 3.8) is 0 Å². The zero-order chi connectivity index (χ0) is 20.1. The summed E-state index contributed by atoms with van der Waals surface area (Å²) < 4.78 is 16.9. The molecule has 0 aliphatic rings. The van der Waals surface area contributed by atoms with Gasteiger partial charge in [0.2, 0.25) is 5.75 Å². The van der Waals surface area contributed by atoms with Gasteiger partial charge >= 0.3 is 0 Å². The van der Waals surface area contributed by atoms with Gasteiger partial charge in [-0.1, -0.05) is 39.8 Å².